The van der Waals surface area contributed by atoms with Crippen molar-refractivity contribution >= 4 is 5.91 Å². The van der Waals surface area contributed by atoms with Crippen LogP contribution in [0.5, 0.6) is 0 Å². The SMILES string of the molecule is O=C(CCN1CCCC1)NCCC1CCNC1. The molecule has 4 heteroatoms. The predicted molar refractivity (Wildman–Crippen MR) is 68.9 cm³/mol. The lowest BCUT2D eigenvalue weighted by molar-refractivity contribution is -0.121. The summed E-state index contributed by atoms with van der Waals surface area (Å²) in [5, 5.41) is 6.39. The zero-order valence-electron chi connectivity index (χ0n) is 10.7. The third-order valence-electron chi connectivity index (χ3n) is 3.89. The Kier molecular flexibility index (Phi) is 5.26. The zero-order chi connectivity index (χ0) is 11.9. The van der Waals surface area contributed by atoms with Crippen LogP contribution in [0.2, 0.25) is 0 Å². The highest BCUT2D eigenvalue weighted by Crippen LogP contribution is 2.11. The molecule has 0 aromatic heterocycles. The van der Waals surface area contributed by atoms with E-state index in [0.717, 1.165) is 38.5 Å². The van der Waals surface area contributed by atoms with Crippen molar-refractivity contribution in [2.75, 3.05) is 39.3 Å². The predicted octanol–water partition coefficient (Wildman–Crippen LogP) is 0.588. The van der Waals surface area contributed by atoms with Crippen LogP contribution >= 0.6 is 0 Å². The van der Waals surface area contributed by atoms with E-state index in [1.54, 1.807) is 0 Å². The number of hydrogen-bond acceptors (Lipinski definition) is 3. The molecular formula is C13H25N3O. The van der Waals surface area contributed by atoms with Gasteiger partial charge >= 0.3 is 0 Å². The summed E-state index contributed by atoms with van der Waals surface area (Å²) in [6.07, 6.45) is 5.67. The first-order valence-corrected chi connectivity index (χ1v) is 7.04. The summed E-state index contributed by atoms with van der Waals surface area (Å²) in [6.45, 7) is 6.43. The van der Waals surface area contributed by atoms with Crippen molar-refractivity contribution in [3.05, 3.63) is 0 Å². The van der Waals surface area contributed by atoms with Crippen molar-refractivity contribution in [3.63, 3.8) is 0 Å². The minimum atomic E-state index is 0.225. The second-order valence-corrected chi connectivity index (χ2v) is 5.30. The van der Waals surface area contributed by atoms with E-state index in [0.29, 0.717) is 6.42 Å². The van der Waals surface area contributed by atoms with Gasteiger partial charge in [0.15, 0.2) is 0 Å². The minimum Gasteiger partial charge on any atom is -0.356 e. The molecule has 2 heterocycles. The number of carbonyl (C=O) groups is 1. The molecule has 0 radical (unpaired) electrons. The maximum atomic E-state index is 11.6. The van der Waals surface area contributed by atoms with Crippen molar-refractivity contribution in [1.82, 2.24) is 15.5 Å². The lowest BCUT2D eigenvalue weighted by Gasteiger charge is -2.14. The number of amides is 1. The molecule has 0 aliphatic carbocycles. The van der Waals surface area contributed by atoms with Gasteiger partial charge in [0.1, 0.15) is 0 Å². The number of rotatable bonds is 6. The van der Waals surface area contributed by atoms with Gasteiger partial charge < -0.3 is 15.5 Å². The molecule has 1 amide bonds. The Morgan fingerprint density at radius 1 is 1.35 bits per heavy atom. The summed E-state index contributed by atoms with van der Waals surface area (Å²) < 4.78 is 0. The molecule has 2 fully saturated rings. The third-order valence-corrected chi connectivity index (χ3v) is 3.89. The average molecular weight is 239 g/mol. The van der Waals surface area contributed by atoms with Gasteiger partial charge in [-0.1, -0.05) is 0 Å². The van der Waals surface area contributed by atoms with Crippen LogP contribution in [-0.4, -0.2) is 50.1 Å². The van der Waals surface area contributed by atoms with Gasteiger partial charge in [-0.2, -0.15) is 0 Å². The van der Waals surface area contributed by atoms with Gasteiger partial charge in [0.05, 0.1) is 0 Å². The maximum Gasteiger partial charge on any atom is 0.221 e. The van der Waals surface area contributed by atoms with E-state index >= 15 is 0 Å². The van der Waals surface area contributed by atoms with E-state index in [1.807, 2.05) is 0 Å². The molecule has 1 atom stereocenters. The lowest BCUT2D eigenvalue weighted by atomic mass is 10.1. The van der Waals surface area contributed by atoms with Crippen LogP contribution in [0.1, 0.15) is 32.1 Å². The molecule has 2 saturated heterocycles. The fourth-order valence-corrected chi connectivity index (χ4v) is 2.73. The largest absolute Gasteiger partial charge is 0.356 e. The fraction of sp³-hybridized carbons (Fsp3) is 0.923. The molecule has 2 N–H and O–H groups in total. The zero-order valence-corrected chi connectivity index (χ0v) is 10.7. The summed E-state index contributed by atoms with van der Waals surface area (Å²) in [7, 11) is 0. The standard InChI is InChI=1S/C13H25N3O/c17-13(5-10-16-8-1-2-9-16)15-7-4-12-3-6-14-11-12/h12,14H,1-11H2,(H,15,17). The average Bonchev–Trinajstić information content (AvgIpc) is 2.99. The second-order valence-electron chi connectivity index (χ2n) is 5.30. The first kappa shape index (κ1) is 12.8. The van der Waals surface area contributed by atoms with Crippen LogP contribution < -0.4 is 10.6 Å². The van der Waals surface area contributed by atoms with Gasteiger partial charge in [0, 0.05) is 19.5 Å². The Morgan fingerprint density at radius 3 is 2.88 bits per heavy atom. The summed E-state index contributed by atoms with van der Waals surface area (Å²) in [5.41, 5.74) is 0. The highest BCUT2D eigenvalue weighted by molar-refractivity contribution is 5.76. The maximum absolute atomic E-state index is 11.6. The van der Waals surface area contributed by atoms with Crippen molar-refractivity contribution in [2.45, 2.75) is 32.1 Å². The number of nitrogens with zero attached hydrogens (tertiary/aromatic N) is 1. The Hall–Kier alpha value is -0.610. The van der Waals surface area contributed by atoms with Crippen molar-refractivity contribution in [2.24, 2.45) is 5.92 Å². The fourth-order valence-electron chi connectivity index (χ4n) is 2.73. The van der Waals surface area contributed by atoms with Crippen molar-refractivity contribution < 1.29 is 4.79 Å². The molecule has 2 rings (SSSR count). The van der Waals surface area contributed by atoms with Gasteiger partial charge in [0.25, 0.3) is 0 Å². The molecule has 0 saturated carbocycles. The molecule has 2 aliphatic heterocycles. The first-order chi connectivity index (χ1) is 8.34. The van der Waals surface area contributed by atoms with E-state index in [4.69, 9.17) is 0 Å². The van der Waals surface area contributed by atoms with Gasteiger partial charge in [-0.25, -0.2) is 0 Å². The Bertz CT molecular complexity index is 233. The molecule has 0 aromatic carbocycles. The number of hydrogen-bond donors (Lipinski definition) is 2. The monoisotopic (exact) mass is 239 g/mol. The van der Waals surface area contributed by atoms with Crippen molar-refractivity contribution in [1.29, 1.82) is 0 Å². The van der Waals surface area contributed by atoms with Crippen molar-refractivity contribution in [3.8, 4) is 0 Å². The number of nitrogens with one attached hydrogen (secondary N) is 2. The summed E-state index contributed by atoms with van der Waals surface area (Å²) in [4.78, 5) is 14.0. The Balaban J connectivity index is 1.48. The van der Waals surface area contributed by atoms with Crippen LogP contribution in [-0.2, 0) is 4.79 Å². The van der Waals surface area contributed by atoms with Crippen LogP contribution in [0, 0.1) is 5.92 Å². The van der Waals surface area contributed by atoms with Gasteiger partial charge in [0.2, 0.25) is 5.91 Å². The first-order valence-electron chi connectivity index (χ1n) is 7.04. The van der Waals surface area contributed by atoms with E-state index in [1.165, 1.54) is 32.4 Å². The third kappa shape index (κ3) is 4.64. The lowest BCUT2D eigenvalue weighted by Crippen LogP contribution is -2.30. The van der Waals surface area contributed by atoms with E-state index < -0.39 is 0 Å². The topological polar surface area (TPSA) is 44.4 Å². The van der Waals surface area contributed by atoms with Crippen LogP contribution in [0.25, 0.3) is 0 Å². The molecule has 17 heavy (non-hydrogen) atoms. The van der Waals surface area contributed by atoms with E-state index in [9.17, 15) is 4.79 Å². The molecule has 0 aromatic rings. The van der Waals surface area contributed by atoms with Gasteiger partial charge in [-0.3, -0.25) is 4.79 Å². The quantitative estimate of drug-likeness (QED) is 0.713. The molecule has 4 nitrogen and oxygen atoms in total. The molecule has 1 unspecified atom stereocenters. The minimum absolute atomic E-state index is 0.225. The molecular weight excluding hydrogens is 214 g/mol. The molecule has 98 valence electrons. The highest BCUT2D eigenvalue weighted by Gasteiger charge is 2.15. The van der Waals surface area contributed by atoms with Crippen LogP contribution in [0.15, 0.2) is 0 Å². The Morgan fingerprint density at radius 2 is 2.18 bits per heavy atom. The second kappa shape index (κ2) is 6.97. The Labute approximate surface area is 104 Å². The van der Waals surface area contributed by atoms with Gasteiger partial charge in [-0.15, -0.1) is 0 Å². The molecule has 0 spiro atoms. The van der Waals surface area contributed by atoms with Gasteiger partial charge in [-0.05, 0) is 57.8 Å². The van der Waals surface area contributed by atoms with E-state index in [2.05, 4.69) is 15.5 Å². The summed E-state index contributed by atoms with van der Waals surface area (Å²) in [6, 6.07) is 0. The van der Waals surface area contributed by atoms with Crippen LogP contribution in [0.4, 0.5) is 0 Å². The number of likely N-dealkylation sites (tertiary alicyclic amines) is 1. The smallest absolute Gasteiger partial charge is 0.221 e. The van der Waals surface area contributed by atoms with E-state index in [-0.39, 0.29) is 5.91 Å². The number of carbonyl (C=O) groups excluding carboxylic acids is 1. The highest BCUT2D eigenvalue weighted by atomic mass is 16.1. The molecule has 0 bridgehead atoms. The summed E-state index contributed by atoms with van der Waals surface area (Å²) in [5.74, 6) is 0.997. The normalized spacial score (nSPS) is 25.3. The molecule has 2 aliphatic rings. The van der Waals surface area contributed by atoms with Crippen LogP contribution in [0.3, 0.4) is 0 Å². The summed E-state index contributed by atoms with van der Waals surface area (Å²) >= 11 is 0.